The molecule has 9 atom stereocenters. The van der Waals surface area contributed by atoms with Gasteiger partial charge in [-0.2, -0.15) is 0 Å². The highest BCUT2D eigenvalue weighted by molar-refractivity contribution is 6.22. The van der Waals surface area contributed by atoms with Gasteiger partial charge in [0.1, 0.15) is 29.2 Å². The molecule has 14 nitrogen and oxygen atoms in total. The fourth-order valence-electron chi connectivity index (χ4n) is 7.89. The standard InChI is InChI=1S/C45H55FN2O12/c1-21-11-10-12-22(2)44(56)48-35-30(20-47-19-28-13-15-29(46)16-14-28)39(53)32-33(40(35)54)38(52)26(6)42-34(32)43(55)45(8,60-42)58-18-17-31(57-9)23(3)41(59-27(7)49)25(5)37(51)24(4)36(21)50/h10-18,21,23-25,31,36-37,41,47,50-54H,19-20H2,1-9H3,(H,48,56)/b11-10+,18-17+,22-12-/t21-,23+,24+,25+,31-,36-,37+,41+,45-/m0/s1. The number of Topliss-reactive ketones (excluding diaryl/α,β-unsaturated/α-hetero) is 1. The molecule has 5 bridgehead atoms. The number of aliphatic hydroxyl groups is 2. The summed E-state index contributed by atoms with van der Waals surface area (Å²) in [6, 6.07) is 5.70. The molecule has 3 aliphatic rings. The van der Waals surface area contributed by atoms with Gasteiger partial charge in [-0.1, -0.05) is 58.1 Å². The molecule has 1 amide bonds. The Bertz CT molecular complexity index is 2220. The highest BCUT2D eigenvalue weighted by Gasteiger charge is 2.50. The van der Waals surface area contributed by atoms with Crippen LogP contribution in [0.25, 0.3) is 10.8 Å². The first-order valence-corrected chi connectivity index (χ1v) is 19.8. The van der Waals surface area contributed by atoms with E-state index in [9.17, 15) is 44.3 Å². The summed E-state index contributed by atoms with van der Waals surface area (Å²) in [5.41, 5.74) is 0.382. The van der Waals surface area contributed by atoms with Crippen molar-refractivity contribution < 1.29 is 63.3 Å². The van der Waals surface area contributed by atoms with Crippen LogP contribution in [0.2, 0.25) is 0 Å². The van der Waals surface area contributed by atoms with Gasteiger partial charge in [-0.3, -0.25) is 14.4 Å². The molecule has 3 aromatic carbocycles. The zero-order chi connectivity index (χ0) is 44.4. The first-order valence-electron chi connectivity index (χ1n) is 19.8. The molecule has 0 saturated heterocycles. The Morgan fingerprint density at radius 2 is 1.58 bits per heavy atom. The number of anilines is 1. The van der Waals surface area contributed by atoms with Crippen LogP contribution < -0.4 is 15.4 Å². The molecule has 324 valence electrons. The van der Waals surface area contributed by atoms with Crippen molar-refractivity contribution in [2.24, 2.45) is 23.7 Å². The fraction of sp³-hybridized carbons (Fsp3) is 0.444. The fourth-order valence-corrected chi connectivity index (χ4v) is 7.89. The van der Waals surface area contributed by atoms with Crippen molar-refractivity contribution in [3.63, 3.8) is 0 Å². The molecule has 0 aliphatic carbocycles. The number of rotatable bonds is 6. The second kappa shape index (κ2) is 18.4. The average molecular weight is 835 g/mol. The number of hydrogen-bond acceptors (Lipinski definition) is 13. The number of amides is 1. The van der Waals surface area contributed by atoms with Crippen molar-refractivity contribution in [3.05, 3.63) is 88.5 Å². The predicted octanol–water partition coefficient (Wildman–Crippen LogP) is 6.18. The van der Waals surface area contributed by atoms with Gasteiger partial charge in [0.05, 0.1) is 41.2 Å². The van der Waals surface area contributed by atoms with E-state index in [1.54, 1.807) is 52.0 Å². The van der Waals surface area contributed by atoms with E-state index < -0.39 is 94.6 Å². The zero-order valence-corrected chi connectivity index (χ0v) is 35.2. The number of esters is 1. The summed E-state index contributed by atoms with van der Waals surface area (Å²) in [5.74, 6) is -8.94. The minimum absolute atomic E-state index is 0.0359. The number of phenols is 3. The Labute approximate surface area is 348 Å². The van der Waals surface area contributed by atoms with Gasteiger partial charge in [-0.05, 0) is 37.6 Å². The smallest absolute Gasteiger partial charge is 0.312 e. The molecule has 3 aliphatic heterocycles. The number of aromatic hydroxyl groups is 3. The number of phenolic OH excluding ortho intramolecular Hbond substituents is 3. The first kappa shape index (κ1) is 45.6. The van der Waals surface area contributed by atoms with Gasteiger partial charge in [-0.25, -0.2) is 4.39 Å². The monoisotopic (exact) mass is 834 g/mol. The van der Waals surface area contributed by atoms with Crippen molar-refractivity contribution in [2.75, 3.05) is 12.4 Å². The Balaban J connectivity index is 1.68. The number of methoxy groups -OCH3 is 1. The molecule has 3 aromatic rings. The lowest BCUT2D eigenvalue weighted by Crippen LogP contribution is -2.46. The van der Waals surface area contributed by atoms with E-state index in [1.165, 1.54) is 65.4 Å². The molecule has 0 fully saturated rings. The summed E-state index contributed by atoms with van der Waals surface area (Å²) in [6.45, 7) is 12.4. The summed E-state index contributed by atoms with van der Waals surface area (Å²) in [5, 5.41) is 63.6. The average Bonchev–Trinajstić information content (AvgIpc) is 3.47. The maximum Gasteiger partial charge on any atom is 0.312 e. The third-order valence-electron chi connectivity index (χ3n) is 11.6. The summed E-state index contributed by atoms with van der Waals surface area (Å²) in [6.07, 6.45) is 3.43. The van der Waals surface area contributed by atoms with Crippen molar-refractivity contribution in [2.45, 2.75) is 98.7 Å². The number of aliphatic hydroxyl groups excluding tert-OH is 2. The Hall–Kier alpha value is -5.48. The Morgan fingerprint density at radius 1 is 0.917 bits per heavy atom. The lowest BCUT2D eigenvalue weighted by atomic mass is 9.78. The molecular weight excluding hydrogens is 779 g/mol. The molecule has 60 heavy (non-hydrogen) atoms. The molecular formula is C45H55FN2O12. The number of nitrogens with one attached hydrogen (secondary N) is 2. The van der Waals surface area contributed by atoms with E-state index >= 15 is 0 Å². The molecule has 0 aromatic heterocycles. The van der Waals surface area contributed by atoms with Crippen molar-refractivity contribution in [3.8, 4) is 23.0 Å². The zero-order valence-electron chi connectivity index (χ0n) is 35.2. The Morgan fingerprint density at radius 3 is 2.22 bits per heavy atom. The second-order valence-electron chi connectivity index (χ2n) is 15.9. The van der Waals surface area contributed by atoms with Crippen molar-refractivity contribution in [1.29, 1.82) is 0 Å². The number of ketones is 1. The van der Waals surface area contributed by atoms with Crippen LogP contribution in [0.15, 0.2) is 60.4 Å². The van der Waals surface area contributed by atoms with Crippen LogP contribution in [-0.4, -0.2) is 80.5 Å². The van der Waals surface area contributed by atoms with Crippen LogP contribution in [-0.2, 0) is 36.9 Å². The second-order valence-corrected chi connectivity index (χ2v) is 15.9. The number of hydrogen-bond donors (Lipinski definition) is 7. The van der Waals surface area contributed by atoms with Crippen LogP contribution in [0.1, 0.15) is 75.5 Å². The third kappa shape index (κ3) is 8.99. The van der Waals surface area contributed by atoms with E-state index in [0.29, 0.717) is 5.56 Å². The minimum atomic E-state index is -2.06. The molecule has 0 saturated carbocycles. The van der Waals surface area contributed by atoms with Crippen LogP contribution in [0, 0.1) is 36.4 Å². The number of halogens is 1. The third-order valence-corrected chi connectivity index (χ3v) is 11.6. The van der Waals surface area contributed by atoms with Gasteiger partial charge in [0.15, 0.2) is 5.75 Å². The summed E-state index contributed by atoms with van der Waals surface area (Å²) in [4.78, 5) is 40.5. The van der Waals surface area contributed by atoms with Gasteiger partial charge >= 0.3 is 11.8 Å². The van der Waals surface area contributed by atoms with E-state index in [2.05, 4.69) is 10.6 Å². The van der Waals surface area contributed by atoms with Gasteiger partial charge in [-0.15, -0.1) is 0 Å². The van der Waals surface area contributed by atoms with Crippen molar-refractivity contribution >= 4 is 34.1 Å². The van der Waals surface area contributed by atoms with Gasteiger partial charge in [0, 0.05) is 79.8 Å². The van der Waals surface area contributed by atoms with Gasteiger partial charge < -0.3 is 55.1 Å². The normalized spacial score (nSPS) is 29.6. The molecule has 0 radical (unpaired) electrons. The van der Waals surface area contributed by atoms with Crippen LogP contribution in [0.4, 0.5) is 10.1 Å². The van der Waals surface area contributed by atoms with E-state index in [0.717, 1.165) is 0 Å². The summed E-state index contributed by atoms with van der Waals surface area (Å²) in [7, 11) is 1.42. The van der Waals surface area contributed by atoms with Gasteiger partial charge in [0.2, 0.25) is 0 Å². The lowest BCUT2D eigenvalue weighted by molar-refractivity contribution is -0.160. The quantitative estimate of drug-likeness (QED) is 0.0841. The van der Waals surface area contributed by atoms with Crippen LogP contribution in [0.3, 0.4) is 0 Å². The molecule has 0 unspecified atom stereocenters. The maximum absolute atomic E-state index is 14.4. The van der Waals surface area contributed by atoms with E-state index in [1.807, 2.05) is 0 Å². The number of allylic oxidation sites excluding steroid dienone is 2. The first-order chi connectivity index (χ1) is 28.2. The highest BCUT2D eigenvalue weighted by atomic mass is 19.1. The van der Waals surface area contributed by atoms with Gasteiger partial charge in [0.25, 0.3) is 11.7 Å². The molecule has 3 heterocycles. The van der Waals surface area contributed by atoms with E-state index in [-0.39, 0.29) is 57.6 Å². The van der Waals surface area contributed by atoms with Crippen molar-refractivity contribution in [1.82, 2.24) is 5.32 Å². The predicted molar refractivity (Wildman–Crippen MR) is 221 cm³/mol. The van der Waals surface area contributed by atoms with Crippen LogP contribution in [0.5, 0.6) is 23.0 Å². The Kier molecular flexibility index (Phi) is 14.0. The molecule has 7 N–H and O–H groups in total. The number of ether oxygens (including phenoxy) is 4. The lowest BCUT2D eigenvalue weighted by Gasteiger charge is -2.38. The number of carbonyl (C=O) groups is 3. The number of fused-ring (bicyclic) bond motifs is 14. The number of benzene rings is 3. The van der Waals surface area contributed by atoms with E-state index in [4.69, 9.17) is 18.9 Å². The molecule has 6 rings (SSSR count). The molecule has 0 spiro atoms. The topological polar surface area (TPSA) is 213 Å². The highest BCUT2D eigenvalue weighted by Crippen LogP contribution is 2.55. The molecule has 15 heteroatoms. The largest absolute Gasteiger partial charge is 0.507 e. The minimum Gasteiger partial charge on any atom is -0.507 e. The SMILES string of the molecule is CO[C@H]1/C=C/O[C@@]2(C)Oc3c(C)c(O)c4c(O)c(c(CNCc5ccc(F)cc5)c(O)c4c3C2=O)NC(=O)/C(C)=C\C=C\[C@H](C)[C@H](O)[C@@H](C)[C@@H](O)[C@@H](C)[C@H](OC(C)=O)[C@@H]1C. The summed E-state index contributed by atoms with van der Waals surface area (Å²) >= 11 is 0. The maximum atomic E-state index is 14.4. The summed E-state index contributed by atoms with van der Waals surface area (Å²) < 4.78 is 37.2. The number of carbonyl (C=O) groups excluding carboxylic acids is 3. The van der Waals surface area contributed by atoms with Crippen LogP contribution >= 0.6 is 0 Å².